The summed E-state index contributed by atoms with van der Waals surface area (Å²) in [6, 6.07) is 10.4. The van der Waals surface area contributed by atoms with Crippen molar-refractivity contribution in [3.05, 3.63) is 35.9 Å². The maximum absolute atomic E-state index is 6.67. The highest BCUT2D eigenvalue weighted by Gasteiger charge is 2.71. The average molecular weight is 352 g/mol. The van der Waals surface area contributed by atoms with Crippen molar-refractivity contribution in [3.8, 4) is 0 Å². The summed E-state index contributed by atoms with van der Waals surface area (Å²) in [4.78, 5) is -0.249. The molecule has 1 saturated carbocycles. The summed E-state index contributed by atoms with van der Waals surface area (Å²) in [5.74, 6) is 0. The summed E-state index contributed by atoms with van der Waals surface area (Å²) in [5.41, 5.74) is 1.23. The molecule has 0 N–H and O–H groups in total. The van der Waals surface area contributed by atoms with Crippen LogP contribution in [0.3, 0.4) is 0 Å². The van der Waals surface area contributed by atoms with Crippen molar-refractivity contribution in [1.82, 2.24) is 0 Å². The Morgan fingerprint density at radius 2 is 1.67 bits per heavy atom. The Kier molecular flexibility index (Phi) is 2.77. The van der Waals surface area contributed by atoms with Gasteiger partial charge < -0.3 is 0 Å². The van der Waals surface area contributed by atoms with Crippen LogP contribution in [0.2, 0.25) is 0 Å². The zero-order chi connectivity index (χ0) is 11.3. The van der Waals surface area contributed by atoms with Crippen LogP contribution in [0.1, 0.15) is 25.8 Å². The molecule has 1 fully saturated rings. The standard InChI is InChI=1S/C12H13Br2Cl/c1-10(2,9-6-4-3-5-7-9)11(15)8-12(11,13)14/h3-7H,8H2,1-2H3. The third kappa shape index (κ3) is 1.69. The number of hydrogen-bond acceptors (Lipinski definition) is 0. The molecule has 0 nitrogen and oxygen atoms in total. The minimum atomic E-state index is -0.249. The van der Waals surface area contributed by atoms with Gasteiger partial charge in [-0.05, 0) is 12.0 Å². The SMILES string of the molecule is CC(C)(c1ccccc1)C1(Cl)CC1(Br)Br. The molecule has 0 aliphatic heterocycles. The van der Waals surface area contributed by atoms with Crippen LogP contribution in [0, 0.1) is 0 Å². The van der Waals surface area contributed by atoms with Gasteiger partial charge in [-0.15, -0.1) is 11.6 Å². The van der Waals surface area contributed by atoms with Crippen LogP contribution in [0.4, 0.5) is 0 Å². The molecule has 15 heavy (non-hydrogen) atoms. The Bertz CT molecular complexity index is 372. The fraction of sp³-hybridized carbons (Fsp3) is 0.500. The first-order valence-corrected chi connectivity index (χ1v) is 6.90. The molecule has 0 radical (unpaired) electrons. The van der Waals surface area contributed by atoms with Crippen molar-refractivity contribution < 1.29 is 0 Å². The molecule has 1 unspecified atom stereocenters. The first-order valence-electron chi connectivity index (χ1n) is 4.93. The van der Waals surface area contributed by atoms with E-state index in [1.165, 1.54) is 5.56 Å². The number of rotatable bonds is 2. The molecule has 0 saturated heterocycles. The van der Waals surface area contributed by atoms with Crippen molar-refractivity contribution in [2.75, 3.05) is 0 Å². The Balaban J connectivity index is 2.38. The van der Waals surface area contributed by atoms with Gasteiger partial charge in [-0.1, -0.05) is 76.0 Å². The largest absolute Gasteiger partial charge is 0.116 e. The minimum Gasteiger partial charge on any atom is -0.116 e. The summed E-state index contributed by atoms with van der Waals surface area (Å²) in [5, 5.41) is 0. The minimum absolute atomic E-state index is 0.0528. The molecule has 82 valence electrons. The third-order valence-electron chi connectivity index (χ3n) is 3.41. The van der Waals surface area contributed by atoms with Gasteiger partial charge in [-0.3, -0.25) is 0 Å². The van der Waals surface area contributed by atoms with E-state index in [2.05, 4.69) is 70.0 Å². The predicted octanol–water partition coefficient (Wildman–Crippen LogP) is 4.83. The Morgan fingerprint density at radius 3 is 2.07 bits per heavy atom. The molecule has 1 aromatic rings. The first kappa shape index (κ1) is 11.9. The quantitative estimate of drug-likeness (QED) is 0.669. The normalized spacial score (nSPS) is 28.9. The lowest BCUT2D eigenvalue weighted by Crippen LogP contribution is -2.35. The van der Waals surface area contributed by atoms with Crippen LogP contribution in [-0.4, -0.2) is 8.11 Å². The van der Waals surface area contributed by atoms with Gasteiger partial charge in [0.25, 0.3) is 0 Å². The van der Waals surface area contributed by atoms with E-state index in [0.717, 1.165) is 6.42 Å². The fourth-order valence-electron chi connectivity index (χ4n) is 2.02. The van der Waals surface area contributed by atoms with E-state index in [9.17, 15) is 0 Å². The molecule has 2 rings (SSSR count). The molecule has 3 heteroatoms. The Morgan fingerprint density at radius 1 is 1.20 bits per heavy atom. The first-order chi connectivity index (χ1) is 6.81. The lowest BCUT2D eigenvalue weighted by molar-refractivity contribution is 0.480. The monoisotopic (exact) mass is 350 g/mol. The number of halogens is 3. The topological polar surface area (TPSA) is 0 Å². The smallest absolute Gasteiger partial charge is 0.102 e. The van der Waals surface area contributed by atoms with Gasteiger partial charge >= 0.3 is 0 Å². The van der Waals surface area contributed by atoms with Crippen molar-refractivity contribution in [3.63, 3.8) is 0 Å². The summed E-state index contributed by atoms with van der Waals surface area (Å²) >= 11 is 13.9. The van der Waals surface area contributed by atoms with Gasteiger partial charge in [-0.2, -0.15) is 0 Å². The molecule has 1 atom stereocenters. The van der Waals surface area contributed by atoms with Gasteiger partial charge in [0.05, 0.1) is 4.87 Å². The van der Waals surface area contributed by atoms with E-state index in [1.807, 2.05) is 6.07 Å². The highest BCUT2D eigenvalue weighted by atomic mass is 79.9. The van der Waals surface area contributed by atoms with Gasteiger partial charge in [0.1, 0.15) is 3.23 Å². The maximum Gasteiger partial charge on any atom is 0.102 e. The number of benzene rings is 1. The molecule has 1 aliphatic rings. The molecule has 0 spiro atoms. The highest BCUT2D eigenvalue weighted by molar-refractivity contribution is 9.25. The van der Waals surface area contributed by atoms with Crippen LogP contribution in [0.5, 0.6) is 0 Å². The summed E-state index contributed by atoms with van der Waals surface area (Å²) in [6.45, 7) is 4.39. The van der Waals surface area contributed by atoms with Gasteiger partial charge in [0.2, 0.25) is 0 Å². The van der Waals surface area contributed by atoms with E-state index >= 15 is 0 Å². The van der Waals surface area contributed by atoms with E-state index in [0.29, 0.717) is 0 Å². The third-order valence-corrected chi connectivity index (χ3v) is 6.71. The number of alkyl halides is 3. The Hall–Kier alpha value is 0.470. The van der Waals surface area contributed by atoms with Gasteiger partial charge in [-0.25, -0.2) is 0 Å². The molecule has 0 heterocycles. The zero-order valence-electron chi connectivity index (χ0n) is 8.73. The van der Waals surface area contributed by atoms with Crippen LogP contribution in [0.25, 0.3) is 0 Å². The van der Waals surface area contributed by atoms with Crippen molar-refractivity contribution in [2.24, 2.45) is 0 Å². The van der Waals surface area contributed by atoms with E-state index < -0.39 is 0 Å². The van der Waals surface area contributed by atoms with Crippen LogP contribution in [-0.2, 0) is 5.41 Å². The molecule has 1 aliphatic carbocycles. The van der Waals surface area contributed by atoms with Crippen LogP contribution >= 0.6 is 43.5 Å². The van der Waals surface area contributed by atoms with E-state index in [1.54, 1.807) is 0 Å². The van der Waals surface area contributed by atoms with Crippen molar-refractivity contribution in [2.45, 2.75) is 33.8 Å². The molecular formula is C12H13Br2Cl. The maximum atomic E-state index is 6.67. The second-order valence-electron chi connectivity index (χ2n) is 4.67. The van der Waals surface area contributed by atoms with E-state index in [4.69, 9.17) is 11.6 Å². The summed E-state index contributed by atoms with van der Waals surface area (Å²) in [6.07, 6.45) is 0.934. The van der Waals surface area contributed by atoms with E-state index in [-0.39, 0.29) is 13.5 Å². The number of hydrogen-bond donors (Lipinski definition) is 0. The lowest BCUT2D eigenvalue weighted by Gasteiger charge is -2.32. The molecule has 0 amide bonds. The lowest BCUT2D eigenvalue weighted by atomic mass is 9.79. The van der Waals surface area contributed by atoms with Crippen LogP contribution < -0.4 is 0 Å². The molecule has 1 aromatic carbocycles. The average Bonchev–Trinajstić information content (AvgIpc) is 2.69. The van der Waals surface area contributed by atoms with Crippen molar-refractivity contribution >= 4 is 43.5 Å². The molecule has 0 aromatic heterocycles. The summed E-state index contributed by atoms with van der Waals surface area (Å²) < 4.78 is -0.117. The fourth-order valence-corrected chi connectivity index (χ4v) is 4.49. The second kappa shape index (κ2) is 3.48. The highest BCUT2D eigenvalue weighted by Crippen LogP contribution is 2.71. The molecular weight excluding hydrogens is 339 g/mol. The zero-order valence-corrected chi connectivity index (χ0v) is 12.7. The van der Waals surface area contributed by atoms with Gasteiger partial charge in [0.15, 0.2) is 0 Å². The molecule has 0 bridgehead atoms. The summed E-state index contributed by atoms with van der Waals surface area (Å²) in [7, 11) is 0. The Labute approximate surface area is 113 Å². The predicted molar refractivity (Wildman–Crippen MR) is 73.3 cm³/mol. The van der Waals surface area contributed by atoms with Gasteiger partial charge in [0, 0.05) is 5.41 Å². The van der Waals surface area contributed by atoms with Crippen molar-refractivity contribution in [1.29, 1.82) is 0 Å². The van der Waals surface area contributed by atoms with Crippen LogP contribution in [0.15, 0.2) is 30.3 Å². The second-order valence-corrected chi connectivity index (χ2v) is 9.09.